The van der Waals surface area contributed by atoms with Crippen LogP contribution in [0.3, 0.4) is 0 Å². The van der Waals surface area contributed by atoms with Gasteiger partial charge in [0.15, 0.2) is 17.5 Å². The molecule has 0 fully saturated rings. The summed E-state index contributed by atoms with van der Waals surface area (Å²) in [6.07, 6.45) is 0.793. The summed E-state index contributed by atoms with van der Waals surface area (Å²) >= 11 is 0. The molecule has 0 aromatic carbocycles. The molecule has 0 atom stereocenters. The molecule has 1 aromatic heterocycles. The second kappa shape index (κ2) is 6.58. The van der Waals surface area contributed by atoms with Crippen molar-refractivity contribution in [2.45, 2.75) is 13.3 Å². The Morgan fingerprint density at radius 2 is 1.78 bits per heavy atom. The standard InChI is InChI=1S/C12H18F3N3/c1-4-18(7-5-6-17(2)3)12-10(14)8-9(13)11(15)16-12/h8H,4-7H2,1-3H3. The third-order valence-corrected chi connectivity index (χ3v) is 2.58. The van der Waals surface area contributed by atoms with E-state index in [0.29, 0.717) is 19.2 Å². The van der Waals surface area contributed by atoms with E-state index in [9.17, 15) is 13.2 Å². The van der Waals surface area contributed by atoms with Gasteiger partial charge in [0, 0.05) is 19.2 Å². The van der Waals surface area contributed by atoms with Crippen LogP contribution in [0.25, 0.3) is 0 Å². The van der Waals surface area contributed by atoms with E-state index in [-0.39, 0.29) is 5.82 Å². The van der Waals surface area contributed by atoms with Crippen LogP contribution < -0.4 is 4.90 Å². The molecule has 0 saturated heterocycles. The van der Waals surface area contributed by atoms with Crippen LogP contribution in [0.2, 0.25) is 0 Å². The van der Waals surface area contributed by atoms with Gasteiger partial charge in [-0.05, 0) is 34.0 Å². The molecule has 0 bridgehead atoms. The highest BCUT2D eigenvalue weighted by atomic mass is 19.2. The van der Waals surface area contributed by atoms with Crippen LogP contribution >= 0.6 is 0 Å². The predicted octanol–water partition coefficient (Wildman–Crippen LogP) is 2.28. The van der Waals surface area contributed by atoms with Crippen LogP contribution in [-0.4, -0.2) is 43.6 Å². The first-order valence-corrected chi connectivity index (χ1v) is 5.87. The van der Waals surface area contributed by atoms with Crippen molar-refractivity contribution in [1.29, 1.82) is 0 Å². The Bertz CT molecular complexity index is 396. The molecule has 0 N–H and O–H groups in total. The summed E-state index contributed by atoms with van der Waals surface area (Å²) in [7, 11) is 3.87. The van der Waals surface area contributed by atoms with Crippen molar-refractivity contribution in [3.63, 3.8) is 0 Å². The third-order valence-electron chi connectivity index (χ3n) is 2.58. The minimum atomic E-state index is -1.27. The number of pyridine rings is 1. The van der Waals surface area contributed by atoms with Gasteiger partial charge < -0.3 is 9.80 Å². The molecule has 0 aliphatic rings. The molecule has 0 unspecified atom stereocenters. The smallest absolute Gasteiger partial charge is 0.251 e. The Hall–Kier alpha value is -1.30. The molecule has 6 heteroatoms. The van der Waals surface area contributed by atoms with E-state index < -0.39 is 17.6 Å². The first-order chi connectivity index (χ1) is 8.45. The van der Waals surface area contributed by atoms with Crippen molar-refractivity contribution in [1.82, 2.24) is 9.88 Å². The summed E-state index contributed by atoms with van der Waals surface area (Å²) in [5.74, 6) is -3.49. The zero-order valence-electron chi connectivity index (χ0n) is 10.9. The highest BCUT2D eigenvalue weighted by Crippen LogP contribution is 2.18. The Kier molecular flexibility index (Phi) is 5.40. The van der Waals surface area contributed by atoms with E-state index in [1.54, 1.807) is 4.90 Å². The fourth-order valence-electron chi connectivity index (χ4n) is 1.65. The Balaban J connectivity index is 2.78. The topological polar surface area (TPSA) is 19.4 Å². The number of hydrogen-bond acceptors (Lipinski definition) is 3. The molecule has 1 rings (SSSR count). The number of aromatic nitrogens is 1. The number of halogens is 3. The van der Waals surface area contributed by atoms with E-state index in [2.05, 4.69) is 4.98 Å². The maximum absolute atomic E-state index is 13.5. The van der Waals surface area contributed by atoms with Gasteiger partial charge in [0.2, 0.25) is 0 Å². The van der Waals surface area contributed by atoms with Gasteiger partial charge in [0.1, 0.15) is 0 Å². The summed E-state index contributed by atoms with van der Waals surface area (Å²) in [5.41, 5.74) is 0. The minimum absolute atomic E-state index is 0.129. The van der Waals surface area contributed by atoms with Gasteiger partial charge in [-0.2, -0.15) is 9.37 Å². The number of nitrogens with zero attached hydrogens (tertiary/aromatic N) is 3. The molecule has 0 aliphatic carbocycles. The Morgan fingerprint density at radius 3 is 2.33 bits per heavy atom. The number of hydrogen-bond donors (Lipinski definition) is 0. The molecular formula is C12H18F3N3. The van der Waals surface area contributed by atoms with Crippen LogP contribution in [0.1, 0.15) is 13.3 Å². The normalized spacial score (nSPS) is 11.1. The number of anilines is 1. The van der Waals surface area contributed by atoms with Crippen LogP contribution in [0.4, 0.5) is 19.0 Å². The molecule has 1 heterocycles. The summed E-state index contributed by atoms with van der Waals surface area (Å²) in [4.78, 5) is 6.94. The molecule has 0 amide bonds. The molecular weight excluding hydrogens is 243 g/mol. The Labute approximate surface area is 105 Å². The van der Waals surface area contributed by atoms with Gasteiger partial charge in [0.05, 0.1) is 0 Å². The third kappa shape index (κ3) is 3.87. The lowest BCUT2D eigenvalue weighted by molar-refractivity contribution is 0.399. The van der Waals surface area contributed by atoms with Gasteiger partial charge in [-0.1, -0.05) is 0 Å². The highest BCUT2D eigenvalue weighted by molar-refractivity contribution is 5.39. The minimum Gasteiger partial charge on any atom is -0.354 e. The molecule has 0 radical (unpaired) electrons. The first kappa shape index (κ1) is 14.8. The van der Waals surface area contributed by atoms with Crippen molar-refractivity contribution in [2.24, 2.45) is 0 Å². The van der Waals surface area contributed by atoms with Crippen LogP contribution in [-0.2, 0) is 0 Å². The largest absolute Gasteiger partial charge is 0.354 e. The fourth-order valence-corrected chi connectivity index (χ4v) is 1.65. The molecule has 18 heavy (non-hydrogen) atoms. The monoisotopic (exact) mass is 261 g/mol. The fraction of sp³-hybridized carbons (Fsp3) is 0.583. The van der Waals surface area contributed by atoms with Crippen LogP contribution in [0.5, 0.6) is 0 Å². The molecule has 1 aromatic rings. The quantitative estimate of drug-likeness (QED) is 0.732. The molecule has 0 saturated carbocycles. The van der Waals surface area contributed by atoms with E-state index >= 15 is 0 Å². The zero-order valence-corrected chi connectivity index (χ0v) is 10.9. The van der Waals surface area contributed by atoms with Gasteiger partial charge >= 0.3 is 0 Å². The van der Waals surface area contributed by atoms with Crippen molar-refractivity contribution < 1.29 is 13.2 Å². The lowest BCUT2D eigenvalue weighted by atomic mass is 10.3. The van der Waals surface area contributed by atoms with E-state index in [1.165, 1.54) is 0 Å². The second-order valence-corrected chi connectivity index (χ2v) is 4.30. The molecule has 0 aliphatic heterocycles. The van der Waals surface area contributed by atoms with Crippen molar-refractivity contribution in [2.75, 3.05) is 38.6 Å². The van der Waals surface area contributed by atoms with E-state index in [1.807, 2.05) is 25.9 Å². The van der Waals surface area contributed by atoms with Crippen LogP contribution in [0, 0.1) is 17.6 Å². The average molecular weight is 261 g/mol. The summed E-state index contributed by atoms with van der Waals surface area (Å²) in [5, 5.41) is 0. The zero-order chi connectivity index (χ0) is 13.7. The SMILES string of the molecule is CCN(CCCN(C)C)c1nc(F)c(F)cc1F. The lowest BCUT2D eigenvalue weighted by Crippen LogP contribution is -2.29. The highest BCUT2D eigenvalue weighted by Gasteiger charge is 2.16. The first-order valence-electron chi connectivity index (χ1n) is 5.87. The summed E-state index contributed by atoms with van der Waals surface area (Å²) < 4.78 is 39.3. The predicted molar refractivity (Wildman–Crippen MR) is 65.2 cm³/mol. The van der Waals surface area contributed by atoms with E-state index in [4.69, 9.17) is 0 Å². The number of rotatable bonds is 6. The molecule has 0 spiro atoms. The van der Waals surface area contributed by atoms with Gasteiger partial charge in [0.25, 0.3) is 5.95 Å². The van der Waals surface area contributed by atoms with Gasteiger partial charge in [-0.25, -0.2) is 8.78 Å². The summed E-state index contributed by atoms with van der Waals surface area (Å²) in [6, 6.07) is 0.534. The molecule has 3 nitrogen and oxygen atoms in total. The van der Waals surface area contributed by atoms with Crippen LogP contribution in [0.15, 0.2) is 6.07 Å². The second-order valence-electron chi connectivity index (χ2n) is 4.30. The lowest BCUT2D eigenvalue weighted by Gasteiger charge is -2.23. The van der Waals surface area contributed by atoms with Crippen molar-refractivity contribution in [3.05, 3.63) is 23.6 Å². The maximum Gasteiger partial charge on any atom is 0.251 e. The average Bonchev–Trinajstić information content (AvgIpc) is 2.30. The van der Waals surface area contributed by atoms with Crippen molar-refractivity contribution in [3.8, 4) is 0 Å². The Morgan fingerprint density at radius 1 is 1.11 bits per heavy atom. The van der Waals surface area contributed by atoms with Gasteiger partial charge in [-0.15, -0.1) is 0 Å². The molecule has 102 valence electrons. The van der Waals surface area contributed by atoms with Crippen molar-refractivity contribution >= 4 is 5.82 Å². The van der Waals surface area contributed by atoms with E-state index in [0.717, 1.165) is 13.0 Å². The van der Waals surface area contributed by atoms with Gasteiger partial charge in [-0.3, -0.25) is 0 Å². The maximum atomic E-state index is 13.5. The summed E-state index contributed by atoms with van der Waals surface area (Å²) in [6.45, 7) is 3.69.